The fourth-order valence-electron chi connectivity index (χ4n) is 0.817. The average Bonchev–Trinajstić information content (AvgIpc) is 2.18. The fourth-order valence-corrected chi connectivity index (χ4v) is 0.817. The van der Waals surface area contributed by atoms with Gasteiger partial charge in [0.25, 0.3) is 0 Å². The van der Waals surface area contributed by atoms with Crippen LogP contribution in [0.25, 0.3) is 0 Å². The van der Waals surface area contributed by atoms with E-state index in [-0.39, 0.29) is 11.9 Å². The number of carbonyl (C=O) groups is 1. The van der Waals surface area contributed by atoms with E-state index in [1.54, 1.807) is 38.5 Å². The first-order valence-electron chi connectivity index (χ1n) is 4.12. The van der Waals surface area contributed by atoms with Gasteiger partial charge < -0.3 is 10.6 Å². The third-order valence-electron chi connectivity index (χ3n) is 1.77. The van der Waals surface area contributed by atoms with Crippen LogP contribution in [0.1, 0.15) is 6.92 Å². The van der Waals surface area contributed by atoms with Gasteiger partial charge in [0.15, 0.2) is 0 Å². The van der Waals surface area contributed by atoms with Gasteiger partial charge in [-0.25, -0.2) is 0 Å². The van der Waals surface area contributed by atoms with Crippen LogP contribution in [-0.2, 0) is 4.79 Å². The number of carbonyl (C=O) groups excluding carboxylic acids is 1. The Morgan fingerprint density at radius 3 is 2.62 bits per heavy atom. The van der Waals surface area contributed by atoms with E-state index in [9.17, 15) is 4.79 Å². The smallest absolute Gasteiger partial charge is 0.241 e. The second-order valence-electron chi connectivity index (χ2n) is 2.74. The molecule has 0 radical (unpaired) electrons. The summed E-state index contributed by atoms with van der Waals surface area (Å²) in [6.45, 7) is 1.80. The van der Waals surface area contributed by atoms with Crippen molar-refractivity contribution >= 4 is 11.6 Å². The van der Waals surface area contributed by atoms with Gasteiger partial charge in [-0.1, -0.05) is 0 Å². The van der Waals surface area contributed by atoms with E-state index in [1.807, 2.05) is 0 Å². The number of hydrogen-bond acceptors (Lipinski definition) is 3. The Kier molecular flexibility index (Phi) is 3.40. The molecule has 1 heterocycles. The minimum atomic E-state index is -0.187. The van der Waals surface area contributed by atoms with Crippen molar-refractivity contribution in [1.29, 1.82) is 0 Å². The van der Waals surface area contributed by atoms with E-state index < -0.39 is 0 Å². The summed E-state index contributed by atoms with van der Waals surface area (Å²) in [4.78, 5) is 15.2. The number of likely N-dealkylation sites (N-methyl/N-ethyl adjacent to an activating group) is 1. The van der Waals surface area contributed by atoms with Crippen molar-refractivity contribution in [2.75, 3.05) is 12.4 Å². The molecule has 4 heteroatoms. The Morgan fingerprint density at radius 1 is 1.46 bits per heavy atom. The Bertz CT molecular complexity index is 273. The van der Waals surface area contributed by atoms with Gasteiger partial charge in [-0.05, 0) is 26.1 Å². The second kappa shape index (κ2) is 4.57. The molecule has 1 aromatic heterocycles. The largest absolute Gasteiger partial charge is 0.325 e. The maximum absolute atomic E-state index is 11.3. The fraction of sp³-hybridized carbons (Fsp3) is 0.333. The quantitative estimate of drug-likeness (QED) is 0.715. The molecule has 4 nitrogen and oxygen atoms in total. The average molecular weight is 179 g/mol. The summed E-state index contributed by atoms with van der Waals surface area (Å²) in [6.07, 6.45) is 3.28. The first-order valence-corrected chi connectivity index (χ1v) is 4.12. The molecule has 70 valence electrons. The molecule has 0 aliphatic heterocycles. The predicted molar refractivity (Wildman–Crippen MR) is 51.4 cm³/mol. The lowest BCUT2D eigenvalue weighted by atomic mass is 10.3. The van der Waals surface area contributed by atoms with Crippen molar-refractivity contribution in [3.8, 4) is 0 Å². The van der Waals surface area contributed by atoms with Crippen LogP contribution in [0.15, 0.2) is 24.5 Å². The topological polar surface area (TPSA) is 54.0 Å². The molecule has 0 aliphatic rings. The van der Waals surface area contributed by atoms with Crippen molar-refractivity contribution in [2.24, 2.45) is 0 Å². The van der Waals surface area contributed by atoms with Gasteiger partial charge in [0.05, 0.1) is 6.04 Å². The van der Waals surface area contributed by atoms with E-state index in [0.717, 1.165) is 5.69 Å². The van der Waals surface area contributed by atoms with Crippen LogP contribution in [0.4, 0.5) is 5.69 Å². The molecule has 1 amide bonds. The highest BCUT2D eigenvalue weighted by Gasteiger charge is 2.09. The highest BCUT2D eigenvalue weighted by atomic mass is 16.2. The molecular weight excluding hydrogens is 166 g/mol. The lowest BCUT2D eigenvalue weighted by Gasteiger charge is -2.10. The molecule has 2 N–H and O–H groups in total. The molecule has 1 rings (SSSR count). The maximum Gasteiger partial charge on any atom is 0.241 e. The summed E-state index contributed by atoms with van der Waals surface area (Å²) < 4.78 is 0. The third kappa shape index (κ3) is 2.83. The summed E-state index contributed by atoms with van der Waals surface area (Å²) in [5.74, 6) is -0.0475. The van der Waals surface area contributed by atoms with Gasteiger partial charge >= 0.3 is 0 Å². The van der Waals surface area contributed by atoms with Gasteiger partial charge in [0.2, 0.25) is 5.91 Å². The molecule has 13 heavy (non-hydrogen) atoms. The molecule has 0 aliphatic carbocycles. The number of nitrogens with one attached hydrogen (secondary N) is 2. The number of amides is 1. The minimum absolute atomic E-state index is 0.0475. The van der Waals surface area contributed by atoms with Crippen LogP contribution >= 0.6 is 0 Å². The number of pyridine rings is 1. The predicted octanol–water partition coefficient (Wildman–Crippen LogP) is 0.628. The summed E-state index contributed by atoms with van der Waals surface area (Å²) in [5, 5.41) is 5.61. The minimum Gasteiger partial charge on any atom is -0.325 e. The zero-order valence-corrected chi connectivity index (χ0v) is 7.74. The zero-order valence-electron chi connectivity index (χ0n) is 7.74. The van der Waals surface area contributed by atoms with Crippen LogP contribution in [0.5, 0.6) is 0 Å². The van der Waals surface area contributed by atoms with Crippen molar-refractivity contribution in [2.45, 2.75) is 13.0 Å². The zero-order chi connectivity index (χ0) is 9.68. The highest BCUT2D eigenvalue weighted by Crippen LogP contribution is 2.03. The maximum atomic E-state index is 11.3. The molecule has 0 saturated heterocycles. The van der Waals surface area contributed by atoms with Gasteiger partial charge in [-0.15, -0.1) is 0 Å². The van der Waals surface area contributed by atoms with E-state index in [1.165, 1.54) is 0 Å². The summed E-state index contributed by atoms with van der Waals surface area (Å²) in [7, 11) is 1.75. The molecular formula is C9H13N3O. The number of hydrogen-bond donors (Lipinski definition) is 2. The molecule has 1 aromatic rings. The Hall–Kier alpha value is -1.42. The van der Waals surface area contributed by atoms with E-state index in [4.69, 9.17) is 0 Å². The van der Waals surface area contributed by atoms with E-state index >= 15 is 0 Å². The summed E-state index contributed by atoms with van der Waals surface area (Å²) in [5.41, 5.74) is 0.766. The van der Waals surface area contributed by atoms with Gasteiger partial charge in [0, 0.05) is 18.1 Å². The third-order valence-corrected chi connectivity index (χ3v) is 1.77. The molecule has 0 saturated carbocycles. The summed E-state index contributed by atoms with van der Waals surface area (Å²) >= 11 is 0. The molecule has 0 unspecified atom stereocenters. The molecule has 0 fully saturated rings. The Morgan fingerprint density at radius 2 is 2.08 bits per heavy atom. The Labute approximate surface area is 77.4 Å². The number of anilines is 1. The lowest BCUT2D eigenvalue weighted by Crippen LogP contribution is -2.35. The standard InChI is InChI=1S/C9H13N3O/c1-7(10-2)9(13)12-8-3-5-11-6-4-8/h3-7,10H,1-2H3,(H,11,12,13)/t7-/m0/s1. The van der Waals surface area contributed by atoms with Crippen LogP contribution in [0.2, 0.25) is 0 Å². The van der Waals surface area contributed by atoms with Crippen molar-refractivity contribution in [3.05, 3.63) is 24.5 Å². The van der Waals surface area contributed by atoms with Crippen LogP contribution in [0.3, 0.4) is 0 Å². The highest BCUT2D eigenvalue weighted by molar-refractivity contribution is 5.94. The van der Waals surface area contributed by atoms with Gasteiger partial charge in [-0.2, -0.15) is 0 Å². The monoisotopic (exact) mass is 179 g/mol. The number of nitrogens with zero attached hydrogens (tertiary/aromatic N) is 1. The second-order valence-corrected chi connectivity index (χ2v) is 2.74. The number of rotatable bonds is 3. The molecule has 0 spiro atoms. The first kappa shape index (κ1) is 9.67. The van der Waals surface area contributed by atoms with Crippen molar-refractivity contribution in [1.82, 2.24) is 10.3 Å². The van der Waals surface area contributed by atoms with E-state index in [0.29, 0.717) is 0 Å². The van der Waals surface area contributed by atoms with Crippen LogP contribution in [-0.4, -0.2) is 24.0 Å². The van der Waals surface area contributed by atoms with Crippen molar-refractivity contribution < 1.29 is 4.79 Å². The first-order chi connectivity index (χ1) is 6.24. The molecule has 0 bridgehead atoms. The Balaban J connectivity index is 2.55. The van der Waals surface area contributed by atoms with Crippen LogP contribution in [0, 0.1) is 0 Å². The van der Waals surface area contributed by atoms with E-state index in [2.05, 4.69) is 15.6 Å². The van der Waals surface area contributed by atoms with Gasteiger partial charge in [0.1, 0.15) is 0 Å². The van der Waals surface area contributed by atoms with Crippen molar-refractivity contribution in [3.63, 3.8) is 0 Å². The van der Waals surface area contributed by atoms with Crippen LogP contribution < -0.4 is 10.6 Å². The number of aromatic nitrogens is 1. The molecule has 0 aromatic carbocycles. The SMILES string of the molecule is CN[C@@H](C)C(=O)Nc1ccncc1. The van der Waals surface area contributed by atoms with Gasteiger partial charge in [-0.3, -0.25) is 9.78 Å². The molecule has 1 atom stereocenters. The lowest BCUT2D eigenvalue weighted by molar-refractivity contribution is -0.117. The normalized spacial score (nSPS) is 12.2. The summed E-state index contributed by atoms with van der Waals surface area (Å²) in [6, 6.07) is 3.31.